The summed E-state index contributed by atoms with van der Waals surface area (Å²) in [6.07, 6.45) is 0. The highest BCUT2D eigenvalue weighted by Gasteiger charge is 2.16. The lowest BCUT2D eigenvalue weighted by Gasteiger charge is -2.13. The van der Waals surface area contributed by atoms with Crippen LogP contribution in [-0.2, 0) is 0 Å². The molecule has 0 amide bonds. The summed E-state index contributed by atoms with van der Waals surface area (Å²) >= 11 is 5.75. The highest BCUT2D eigenvalue weighted by atomic mass is 79.9. The van der Waals surface area contributed by atoms with E-state index in [-0.39, 0.29) is 4.83 Å². The quantitative estimate of drug-likeness (QED) is 0.505. The van der Waals surface area contributed by atoms with Gasteiger partial charge in [0, 0.05) is 9.75 Å². The van der Waals surface area contributed by atoms with Crippen LogP contribution in [-0.4, -0.2) is 0 Å². The minimum atomic E-state index is 0.267. The van der Waals surface area contributed by atoms with Crippen molar-refractivity contribution in [3.05, 3.63) is 69.4 Å². The molecule has 0 aliphatic carbocycles. The van der Waals surface area contributed by atoms with E-state index in [1.807, 2.05) is 11.3 Å². The zero-order valence-corrected chi connectivity index (χ0v) is 13.4. The van der Waals surface area contributed by atoms with E-state index < -0.39 is 0 Å². The van der Waals surface area contributed by atoms with Gasteiger partial charge < -0.3 is 0 Å². The second-order valence-electron chi connectivity index (χ2n) is 4.80. The second kappa shape index (κ2) is 5.10. The van der Waals surface area contributed by atoms with Crippen molar-refractivity contribution in [3.8, 4) is 0 Å². The minimum Gasteiger partial charge on any atom is -0.146 e. The Kier molecular flexibility index (Phi) is 3.46. The third-order valence-corrected chi connectivity index (χ3v) is 5.42. The molecule has 0 bridgehead atoms. The Balaban J connectivity index is 2.16. The molecule has 0 N–H and O–H groups in total. The first kappa shape index (κ1) is 12.9. The molecule has 1 atom stereocenters. The minimum absolute atomic E-state index is 0.267. The summed E-state index contributed by atoms with van der Waals surface area (Å²) in [6.45, 7) is 4.37. The van der Waals surface area contributed by atoms with Gasteiger partial charge in [-0.05, 0) is 41.8 Å². The van der Waals surface area contributed by atoms with Crippen LogP contribution < -0.4 is 0 Å². The van der Waals surface area contributed by atoms with Crippen molar-refractivity contribution >= 4 is 38.0 Å². The highest BCUT2D eigenvalue weighted by Crippen LogP contribution is 2.39. The topological polar surface area (TPSA) is 0 Å². The predicted octanol–water partition coefficient (Wildman–Crippen LogP) is 6.00. The van der Waals surface area contributed by atoms with Gasteiger partial charge >= 0.3 is 0 Å². The molecule has 0 fully saturated rings. The van der Waals surface area contributed by atoms with Gasteiger partial charge in [-0.3, -0.25) is 0 Å². The number of halogens is 1. The summed E-state index contributed by atoms with van der Waals surface area (Å²) < 4.78 is 0. The number of hydrogen-bond donors (Lipinski definition) is 0. The Morgan fingerprint density at radius 3 is 2.42 bits per heavy atom. The lowest BCUT2D eigenvalue weighted by molar-refractivity contribution is 1.19. The van der Waals surface area contributed by atoms with E-state index in [1.54, 1.807) is 0 Å². The van der Waals surface area contributed by atoms with E-state index in [9.17, 15) is 0 Å². The van der Waals surface area contributed by atoms with Crippen LogP contribution >= 0.6 is 27.3 Å². The molecular formula is C17H15BrS. The molecule has 1 heterocycles. The van der Waals surface area contributed by atoms with Crippen molar-refractivity contribution in [1.82, 2.24) is 0 Å². The van der Waals surface area contributed by atoms with Crippen LogP contribution in [0.15, 0.2) is 48.5 Å². The smallest absolute Gasteiger partial charge is 0.0661 e. The van der Waals surface area contributed by atoms with Crippen molar-refractivity contribution in [2.45, 2.75) is 18.7 Å². The van der Waals surface area contributed by atoms with Crippen molar-refractivity contribution in [3.63, 3.8) is 0 Å². The molecule has 3 rings (SSSR count). The molecule has 0 aliphatic rings. The first-order valence-corrected chi connectivity index (χ1v) is 8.08. The SMILES string of the molecule is Cc1cc(C(Br)c2cccc3ccccc23)c(C)s1. The maximum Gasteiger partial charge on any atom is 0.0661 e. The van der Waals surface area contributed by atoms with E-state index in [2.05, 4.69) is 78.3 Å². The number of benzene rings is 2. The van der Waals surface area contributed by atoms with Crippen LogP contribution in [0, 0.1) is 13.8 Å². The number of rotatable bonds is 2. The zero-order valence-electron chi connectivity index (χ0n) is 11.0. The van der Waals surface area contributed by atoms with Crippen molar-refractivity contribution < 1.29 is 0 Å². The largest absolute Gasteiger partial charge is 0.146 e. The summed E-state index contributed by atoms with van der Waals surface area (Å²) in [6, 6.07) is 17.4. The van der Waals surface area contributed by atoms with Crippen molar-refractivity contribution in [2.75, 3.05) is 0 Å². The van der Waals surface area contributed by atoms with Gasteiger partial charge in [0.15, 0.2) is 0 Å². The van der Waals surface area contributed by atoms with Crippen LogP contribution in [0.5, 0.6) is 0 Å². The number of hydrogen-bond acceptors (Lipinski definition) is 1. The molecular weight excluding hydrogens is 316 g/mol. The van der Waals surface area contributed by atoms with Crippen molar-refractivity contribution in [1.29, 1.82) is 0 Å². The molecule has 2 heteroatoms. The van der Waals surface area contributed by atoms with Gasteiger partial charge in [0.2, 0.25) is 0 Å². The monoisotopic (exact) mass is 330 g/mol. The standard InChI is InChI=1S/C17H15BrS/c1-11-10-16(12(2)19-11)17(18)15-9-5-7-13-6-3-4-8-14(13)15/h3-10,17H,1-2H3. The van der Waals surface area contributed by atoms with Gasteiger partial charge in [-0.15, -0.1) is 11.3 Å². The van der Waals surface area contributed by atoms with E-state index in [0.29, 0.717) is 0 Å². The fraction of sp³-hybridized carbons (Fsp3) is 0.176. The Labute approximate surface area is 126 Å². The average molecular weight is 331 g/mol. The van der Waals surface area contributed by atoms with Crippen LogP contribution in [0.2, 0.25) is 0 Å². The van der Waals surface area contributed by atoms with Gasteiger partial charge in [-0.25, -0.2) is 0 Å². The van der Waals surface area contributed by atoms with E-state index in [4.69, 9.17) is 0 Å². The van der Waals surface area contributed by atoms with Crippen LogP contribution in [0.4, 0.5) is 0 Å². The molecule has 2 aromatic carbocycles. The van der Waals surface area contributed by atoms with Gasteiger partial charge in [-0.2, -0.15) is 0 Å². The van der Waals surface area contributed by atoms with Crippen LogP contribution in [0.25, 0.3) is 10.8 Å². The van der Waals surface area contributed by atoms with E-state index >= 15 is 0 Å². The summed E-state index contributed by atoms with van der Waals surface area (Å²) in [5, 5.41) is 2.63. The zero-order chi connectivity index (χ0) is 13.4. The third-order valence-electron chi connectivity index (χ3n) is 3.45. The van der Waals surface area contributed by atoms with Gasteiger partial charge in [0.05, 0.1) is 4.83 Å². The number of aryl methyl sites for hydroxylation is 2. The van der Waals surface area contributed by atoms with Crippen LogP contribution in [0.1, 0.15) is 25.7 Å². The molecule has 0 spiro atoms. The molecule has 1 unspecified atom stereocenters. The van der Waals surface area contributed by atoms with E-state index in [1.165, 1.54) is 31.7 Å². The van der Waals surface area contributed by atoms with Gasteiger partial charge in [-0.1, -0.05) is 58.4 Å². The Bertz CT molecular complexity index is 722. The Morgan fingerprint density at radius 2 is 1.68 bits per heavy atom. The molecule has 0 saturated heterocycles. The number of fused-ring (bicyclic) bond motifs is 1. The molecule has 0 radical (unpaired) electrons. The molecule has 1 aromatic heterocycles. The Hall–Kier alpha value is -1.12. The molecule has 0 saturated carbocycles. The highest BCUT2D eigenvalue weighted by molar-refractivity contribution is 9.09. The maximum atomic E-state index is 3.89. The van der Waals surface area contributed by atoms with Gasteiger partial charge in [0.25, 0.3) is 0 Å². The first-order valence-electron chi connectivity index (χ1n) is 6.35. The molecule has 0 nitrogen and oxygen atoms in total. The normalized spacial score (nSPS) is 12.8. The fourth-order valence-corrected chi connectivity index (χ4v) is 4.53. The molecule has 96 valence electrons. The van der Waals surface area contributed by atoms with E-state index in [0.717, 1.165) is 0 Å². The number of alkyl halides is 1. The predicted molar refractivity (Wildman–Crippen MR) is 88.5 cm³/mol. The van der Waals surface area contributed by atoms with Crippen LogP contribution in [0.3, 0.4) is 0 Å². The maximum absolute atomic E-state index is 3.89. The lowest BCUT2D eigenvalue weighted by Crippen LogP contribution is -1.94. The third kappa shape index (κ3) is 2.35. The molecule has 3 aromatic rings. The summed E-state index contributed by atoms with van der Waals surface area (Å²) in [5.41, 5.74) is 2.73. The fourth-order valence-electron chi connectivity index (χ4n) is 2.54. The first-order chi connectivity index (χ1) is 9.16. The second-order valence-corrected chi connectivity index (χ2v) is 7.18. The lowest BCUT2D eigenvalue weighted by atomic mass is 9.98. The average Bonchev–Trinajstić information content (AvgIpc) is 2.76. The summed E-state index contributed by atoms with van der Waals surface area (Å²) in [4.78, 5) is 3.04. The summed E-state index contributed by atoms with van der Waals surface area (Å²) in [5.74, 6) is 0. The van der Waals surface area contributed by atoms with Gasteiger partial charge in [0.1, 0.15) is 0 Å². The van der Waals surface area contributed by atoms with Crippen molar-refractivity contribution in [2.24, 2.45) is 0 Å². The molecule has 0 aliphatic heterocycles. The Morgan fingerprint density at radius 1 is 0.947 bits per heavy atom. The summed E-state index contributed by atoms with van der Waals surface area (Å²) in [7, 11) is 0. The number of thiophene rings is 1. The molecule has 19 heavy (non-hydrogen) atoms.